The van der Waals surface area contributed by atoms with Crippen LogP contribution >= 0.6 is 0 Å². The van der Waals surface area contributed by atoms with Crippen LogP contribution in [0.25, 0.3) is 0 Å². The molecule has 0 bridgehead atoms. The van der Waals surface area contributed by atoms with Gasteiger partial charge in [-0.2, -0.15) is 0 Å². The van der Waals surface area contributed by atoms with Gasteiger partial charge >= 0.3 is 12.1 Å². The molecule has 1 N–H and O–H groups in total. The summed E-state index contributed by atoms with van der Waals surface area (Å²) in [5.74, 6) is -0.832. The van der Waals surface area contributed by atoms with Gasteiger partial charge in [-0.15, -0.1) is 0 Å². The summed E-state index contributed by atoms with van der Waals surface area (Å²) in [6.07, 6.45) is 0.484. The van der Waals surface area contributed by atoms with Crippen molar-refractivity contribution in [3.8, 4) is 0 Å². The molecule has 0 aliphatic carbocycles. The zero-order valence-electron chi connectivity index (χ0n) is 18.6. The number of aliphatic carboxylic acids is 1. The Kier molecular flexibility index (Phi) is 11.6. The molecule has 0 aromatic carbocycles. The van der Waals surface area contributed by atoms with Crippen molar-refractivity contribution in [3.05, 3.63) is 0 Å². The van der Waals surface area contributed by atoms with E-state index in [2.05, 4.69) is 25.7 Å². The van der Waals surface area contributed by atoms with Crippen molar-refractivity contribution < 1.29 is 19.4 Å². The van der Waals surface area contributed by atoms with Gasteiger partial charge in [0.2, 0.25) is 0 Å². The average molecular weight is 388 g/mol. The maximum atomic E-state index is 12.2. The molecule has 0 aromatic heterocycles. The quantitative estimate of drug-likeness (QED) is 0.755. The molecule has 1 fully saturated rings. The minimum Gasteiger partial charge on any atom is -0.480 e. The molecule has 0 saturated carbocycles. The average Bonchev–Trinajstić information content (AvgIpc) is 2.55. The zero-order chi connectivity index (χ0) is 21.2. The second-order valence-corrected chi connectivity index (χ2v) is 7.99. The summed E-state index contributed by atoms with van der Waals surface area (Å²) in [5.41, 5.74) is -0.517. The van der Waals surface area contributed by atoms with Crippen molar-refractivity contribution in [2.75, 3.05) is 39.3 Å². The van der Waals surface area contributed by atoms with Crippen LogP contribution in [0.15, 0.2) is 0 Å². The summed E-state index contributed by atoms with van der Waals surface area (Å²) in [6.45, 7) is 20.7. The molecule has 27 heavy (non-hydrogen) atoms. The van der Waals surface area contributed by atoms with Crippen molar-refractivity contribution in [2.45, 2.75) is 79.5 Å². The Morgan fingerprint density at radius 2 is 1.59 bits per heavy atom. The first-order chi connectivity index (χ1) is 12.5. The van der Waals surface area contributed by atoms with E-state index in [1.807, 2.05) is 39.5 Å². The summed E-state index contributed by atoms with van der Waals surface area (Å²) in [4.78, 5) is 29.1. The predicted molar refractivity (Wildman–Crippen MR) is 109 cm³/mol. The zero-order valence-corrected chi connectivity index (χ0v) is 18.6. The van der Waals surface area contributed by atoms with Gasteiger partial charge in [-0.3, -0.25) is 9.69 Å². The maximum Gasteiger partial charge on any atom is 0.410 e. The topological polar surface area (TPSA) is 73.3 Å². The largest absolute Gasteiger partial charge is 0.480 e. The van der Waals surface area contributed by atoms with Crippen LogP contribution in [0.2, 0.25) is 0 Å². The van der Waals surface area contributed by atoms with Gasteiger partial charge in [0, 0.05) is 25.2 Å². The van der Waals surface area contributed by atoms with Gasteiger partial charge in [0.05, 0.1) is 6.54 Å². The number of carboxylic acids is 1. The van der Waals surface area contributed by atoms with E-state index in [1.54, 1.807) is 4.90 Å². The highest BCUT2D eigenvalue weighted by atomic mass is 16.6. The number of carbonyl (C=O) groups is 2. The van der Waals surface area contributed by atoms with Gasteiger partial charge < -0.3 is 19.6 Å². The van der Waals surface area contributed by atoms with Crippen molar-refractivity contribution in [2.24, 2.45) is 0 Å². The maximum absolute atomic E-state index is 12.2. The van der Waals surface area contributed by atoms with Gasteiger partial charge in [0.15, 0.2) is 0 Å². The van der Waals surface area contributed by atoms with E-state index in [0.717, 1.165) is 6.42 Å². The molecule has 2 atom stereocenters. The molecule has 1 heterocycles. The molecule has 160 valence electrons. The van der Waals surface area contributed by atoms with Gasteiger partial charge in [0.1, 0.15) is 5.60 Å². The number of amides is 1. The van der Waals surface area contributed by atoms with E-state index in [9.17, 15) is 9.59 Å². The normalized spacial score (nSPS) is 20.9. The van der Waals surface area contributed by atoms with Crippen LogP contribution in [0.1, 0.15) is 61.8 Å². The number of nitrogens with zero attached hydrogens (tertiary/aromatic N) is 3. The summed E-state index contributed by atoms with van der Waals surface area (Å²) in [7, 11) is 0. The van der Waals surface area contributed by atoms with E-state index in [4.69, 9.17) is 9.84 Å². The lowest BCUT2D eigenvalue weighted by atomic mass is 10.1. The SMILES string of the molecule is CCN(CC)CC.CC[C@H]1CN(C(=O)OC(C)(C)C)[C@H](C)CN1CC(=O)O. The van der Waals surface area contributed by atoms with Crippen LogP contribution in [-0.4, -0.2) is 88.8 Å². The second-order valence-electron chi connectivity index (χ2n) is 7.99. The Morgan fingerprint density at radius 3 is 1.93 bits per heavy atom. The number of piperazine rings is 1. The molecule has 0 radical (unpaired) electrons. The minimum absolute atomic E-state index is 0.0189. The van der Waals surface area contributed by atoms with Crippen LogP contribution in [0.3, 0.4) is 0 Å². The fraction of sp³-hybridized carbons (Fsp3) is 0.900. The standard InChI is InChI=1S/C14H26N2O4.C6H15N/c1-6-11-8-16(13(19)20-14(3,4)5)10(2)7-15(11)9-12(17)18;1-4-7(5-2)6-3/h10-11H,6-9H2,1-5H3,(H,17,18);4-6H2,1-3H3/t10-,11+;/m1./s1. The highest BCUT2D eigenvalue weighted by molar-refractivity contribution is 5.70. The number of carboxylic acid groups (broad SMARTS) is 1. The molecule has 1 amide bonds. The Balaban J connectivity index is 0.000000821. The smallest absolute Gasteiger partial charge is 0.410 e. The Labute approximate surface area is 165 Å². The monoisotopic (exact) mass is 387 g/mol. The van der Waals surface area contributed by atoms with Crippen LogP contribution in [0, 0.1) is 0 Å². The van der Waals surface area contributed by atoms with Crippen LogP contribution < -0.4 is 0 Å². The fourth-order valence-corrected chi connectivity index (χ4v) is 3.11. The summed E-state index contributed by atoms with van der Waals surface area (Å²) in [6, 6.07) is 0.0156. The minimum atomic E-state index is -0.832. The number of hydrogen-bond acceptors (Lipinski definition) is 5. The molecule has 0 spiro atoms. The first kappa shape index (κ1) is 25.7. The number of ether oxygens (including phenoxy) is 1. The molecule has 1 saturated heterocycles. The molecule has 1 aliphatic rings. The van der Waals surface area contributed by atoms with Crippen LogP contribution in [-0.2, 0) is 9.53 Å². The van der Waals surface area contributed by atoms with Gasteiger partial charge in [-0.05, 0) is 53.8 Å². The lowest BCUT2D eigenvalue weighted by Crippen LogP contribution is -2.60. The van der Waals surface area contributed by atoms with Gasteiger partial charge in [-0.1, -0.05) is 27.7 Å². The third kappa shape index (κ3) is 9.96. The van der Waals surface area contributed by atoms with Crippen molar-refractivity contribution in [1.82, 2.24) is 14.7 Å². The summed E-state index contributed by atoms with van der Waals surface area (Å²) >= 11 is 0. The fourth-order valence-electron chi connectivity index (χ4n) is 3.11. The van der Waals surface area contributed by atoms with Gasteiger partial charge in [-0.25, -0.2) is 4.79 Å². The van der Waals surface area contributed by atoms with Crippen LogP contribution in [0.5, 0.6) is 0 Å². The van der Waals surface area contributed by atoms with Crippen molar-refractivity contribution >= 4 is 12.1 Å². The highest BCUT2D eigenvalue weighted by Crippen LogP contribution is 2.20. The lowest BCUT2D eigenvalue weighted by molar-refractivity contribution is -0.140. The van der Waals surface area contributed by atoms with E-state index >= 15 is 0 Å². The van der Waals surface area contributed by atoms with Gasteiger partial charge in [0.25, 0.3) is 0 Å². The summed E-state index contributed by atoms with van der Waals surface area (Å²) < 4.78 is 5.41. The lowest BCUT2D eigenvalue weighted by Gasteiger charge is -2.44. The van der Waals surface area contributed by atoms with Crippen LogP contribution in [0.4, 0.5) is 4.79 Å². The third-order valence-electron chi connectivity index (χ3n) is 4.73. The first-order valence-corrected chi connectivity index (χ1v) is 10.2. The molecular weight excluding hydrogens is 346 g/mol. The first-order valence-electron chi connectivity index (χ1n) is 10.2. The van der Waals surface area contributed by atoms with Crippen molar-refractivity contribution in [1.29, 1.82) is 0 Å². The number of carbonyl (C=O) groups excluding carboxylic acids is 1. The molecule has 1 aliphatic heterocycles. The molecule has 0 aromatic rings. The number of hydrogen-bond donors (Lipinski definition) is 1. The molecular formula is C20H41N3O4. The molecule has 0 unspecified atom stereocenters. The molecule has 7 nitrogen and oxygen atoms in total. The van der Waals surface area contributed by atoms with Crippen molar-refractivity contribution in [3.63, 3.8) is 0 Å². The predicted octanol–water partition coefficient (Wildman–Crippen LogP) is 3.14. The van der Waals surface area contributed by atoms with E-state index in [0.29, 0.717) is 13.1 Å². The summed E-state index contributed by atoms with van der Waals surface area (Å²) in [5, 5.41) is 8.95. The third-order valence-corrected chi connectivity index (χ3v) is 4.73. The second kappa shape index (κ2) is 12.2. The van der Waals surface area contributed by atoms with E-state index in [-0.39, 0.29) is 24.7 Å². The number of rotatable bonds is 6. The highest BCUT2D eigenvalue weighted by Gasteiger charge is 2.36. The molecule has 7 heteroatoms. The molecule has 1 rings (SSSR count). The van der Waals surface area contributed by atoms with E-state index in [1.165, 1.54) is 19.6 Å². The Bertz CT molecular complexity index is 441. The Morgan fingerprint density at radius 1 is 1.07 bits per heavy atom. The Hall–Kier alpha value is -1.34. The van der Waals surface area contributed by atoms with E-state index < -0.39 is 11.6 Å².